The normalized spacial score (nSPS) is 10.8. The third kappa shape index (κ3) is 6.86. The van der Waals surface area contributed by atoms with Crippen LogP contribution in [0.4, 0.5) is 0 Å². The summed E-state index contributed by atoms with van der Waals surface area (Å²) in [5.41, 5.74) is 0. The SMILES string of the molecule is [CH-]=CC(P(c1ccccc1)c1ccccc1)P(c1ccccc1)c1ccccc1.[Cl][Pd][Cl]. The molecule has 0 aliphatic rings. The minimum atomic E-state index is -0.653. The number of allylic oxidation sites excluding steroid dienone is 1. The van der Waals surface area contributed by atoms with Crippen LogP contribution in [0, 0.1) is 6.58 Å². The van der Waals surface area contributed by atoms with E-state index in [9.17, 15) is 0 Å². The van der Waals surface area contributed by atoms with E-state index in [1.54, 1.807) is 0 Å². The first-order valence-electron chi connectivity index (χ1n) is 9.96. The molecule has 0 fully saturated rings. The Morgan fingerprint density at radius 2 is 0.750 bits per heavy atom. The maximum absolute atomic E-state index is 6.43. The van der Waals surface area contributed by atoms with E-state index >= 15 is 0 Å². The first-order valence-corrected chi connectivity index (χ1v) is 16.8. The Morgan fingerprint density at radius 3 is 0.938 bits per heavy atom. The second kappa shape index (κ2) is 14.1. The minimum absolute atomic E-state index is 0.106. The van der Waals surface area contributed by atoms with Gasteiger partial charge in [-0.3, -0.25) is 6.08 Å². The van der Waals surface area contributed by atoms with Gasteiger partial charge >= 0.3 is 35.0 Å². The molecule has 4 aromatic rings. The third-order valence-corrected chi connectivity index (χ3v) is 11.0. The van der Waals surface area contributed by atoms with E-state index in [2.05, 4.69) is 121 Å². The van der Waals surface area contributed by atoms with Crippen molar-refractivity contribution in [2.24, 2.45) is 0 Å². The molecule has 0 aromatic heterocycles. The van der Waals surface area contributed by atoms with Gasteiger partial charge in [0.2, 0.25) is 0 Å². The molecule has 0 aliphatic carbocycles. The Labute approximate surface area is 210 Å². The molecular formula is C27H23Cl2P2Pd-. The summed E-state index contributed by atoms with van der Waals surface area (Å²) in [5, 5.41) is 5.67. The van der Waals surface area contributed by atoms with Crippen LogP contribution in [0.25, 0.3) is 0 Å². The number of benzene rings is 4. The van der Waals surface area contributed by atoms with E-state index in [1.165, 1.54) is 21.2 Å². The van der Waals surface area contributed by atoms with E-state index in [0.29, 0.717) is 0 Å². The van der Waals surface area contributed by atoms with E-state index in [0.717, 1.165) is 0 Å². The topological polar surface area (TPSA) is 0 Å². The summed E-state index contributed by atoms with van der Waals surface area (Å²) in [6.07, 6.45) is 1.96. The van der Waals surface area contributed by atoms with Gasteiger partial charge in [0.15, 0.2) is 0 Å². The van der Waals surface area contributed by atoms with Crippen molar-refractivity contribution < 1.29 is 15.9 Å². The van der Waals surface area contributed by atoms with Crippen molar-refractivity contribution in [2.75, 3.05) is 0 Å². The monoisotopic (exact) mass is 585 g/mol. The van der Waals surface area contributed by atoms with Crippen LogP contribution in [0.3, 0.4) is 0 Å². The molecule has 0 unspecified atom stereocenters. The molecule has 4 rings (SSSR count). The molecule has 0 bridgehead atoms. The summed E-state index contributed by atoms with van der Waals surface area (Å²) < 4.78 is 0. The summed E-state index contributed by atoms with van der Waals surface area (Å²) in [6.45, 7) is 6.43. The summed E-state index contributed by atoms with van der Waals surface area (Å²) in [6, 6.07) is 43.4. The van der Waals surface area contributed by atoms with Crippen LogP contribution < -0.4 is 21.2 Å². The van der Waals surface area contributed by atoms with E-state index < -0.39 is 15.8 Å². The second-order valence-corrected chi connectivity index (χ2v) is 14.2. The molecule has 0 spiro atoms. The van der Waals surface area contributed by atoms with Crippen molar-refractivity contribution in [3.05, 3.63) is 134 Å². The van der Waals surface area contributed by atoms with Gasteiger partial charge in [-0.15, -0.1) is 0 Å². The molecule has 4 aromatic carbocycles. The predicted octanol–water partition coefficient (Wildman–Crippen LogP) is 6.94. The zero-order chi connectivity index (χ0) is 22.6. The molecular weight excluding hydrogens is 564 g/mol. The van der Waals surface area contributed by atoms with Gasteiger partial charge in [-0.05, 0) is 37.1 Å². The van der Waals surface area contributed by atoms with E-state index in [4.69, 9.17) is 25.6 Å². The molecule has 0 saturated carbocycles. The fourth-order valence-corrected chi connectivity index (χ4v) is 10.2. The zero-order valence-corrected chi connectivity index (χ0v) is 22.1. The second-order valence-electron chi connectivity index (χ2n) is 6.73. The average molecular weight is 587 g/mol. The molecule has 0 atom stereocenters. The van der Waals surface area contributed by atoms with Crippen molar-refractivity contribution in [3.8, 4) is 0 Å². The van der Waals surface area contributed by atoms with Crippen molar-refractivity contribution in [1.29, 1.82) is 0 Å². The van der Waals surface area contributed by atoms with Crippen molar-refractivity contribution >= 4 is 56.1 Å². The molecule has 5 heteroatoms. The van der Waals surface area contributed by atoms with Crippen LogP contribution >= 0.6 is 34.9 Å². The molecule has 0 aliphatic heterocycles. The first kappa shape index (κ1) is 25.3. The predicted molar refractivity (Wildman–Crippen MR) is 143 cm³/mol. The van der Waals surface area contributed by atoms with Crippen LogP contribution in [0.15, 0.2) is 127 Å². The van der Waals surface area contributed by atoms with Gasteiger partial charge in [0.25, 0.3) is 0 Å². The summed E-state index contributed by atoms with van der Waals surface area (Å²) in [4.78, 5) is 0. The summed E-state index contributed by atoms with van der Waals surface area (Å²) in [7, 11) is 8.32. The quantitative estimate of drug-likeness (QED) is 0.125. The van der Waals surface area contributed by atoms with Crippen LogP contribution in [0.2, 0.25) is 0 Å². The molecule has 0 radical (unpaired) electrons. The zero-order valence-electron chi connectivity index (χ0n) is 17.2. The molecule has 0 amide bonds. The Morgan fingerprint density at radius 1 is 0.531 bits per heavy atom. The number of hydrogen-bond donors (Lipinski definition) is 0. The molecule has 166 valence electrons. The molecule has 0 N–H and O–H groups in total. The number of halogens is 2. The Balaban J connectivity index is 0.000000913. The summed E-state index contributed by atoms with van der Waals surface area (Å²) >= 11 is -0.106. The van der Waals surface area contributed by atoms with Gasteiger partial charge in [0, 0.05) is 5.40 Å². The van der Waals surface area contributed by atoms with Crippen molar-refractivity contribution in [3.63, 3.8) is 0 Å². The fourth-order valence-electron chi connectivity index (χ4n) is 3.55. The van der Waals surface area contributed by atoms with Gasteiger partial charge < -0.3 is 6.58 Å². The van der Waals surface area contributed by atoms with Gasteiger partial charge in [0.1, 0.15) is 0 Å². The third-order valence-electron chi connectivity index (χ3n) is 4.84. The average Bonchev–Trinajstić information content (AvgIpc) is 2.87. The maximum atomic E-state index is 6.43. The van der Waals surface area contributed by atoms with Gasteiger partial charge in [-0.2, -0.15) is 0 Å². The van der Waals surface area contributed by atoms with E-state index in [1.807, 2.05) is 6.08 Å². The Bertz CT molecular complexity index is 886. The van der Waals surface area contributed by atoms with Crippen LogP contribution in [0.1, 0.15) is 0 Å². The standard InChI is InChI=1S/C27H23P2.2ClH.Pd/c1-2-27(28(23-15-7-3-8-16-23)24-17-9-4-10-18-24)29(25-19-11-5-12-20-25)26-21-13-6-14-22-26;;;/h1-22,27H;2*1H;/q-1;;;+2/p-2. The van der Waals surface area contributed by atoms with Crippen molar-refractivity contribution in [1.82, 2.24) is 0 Å². The Hall–Kier alpha value is -1.28. The molecule has 0 nitrogen and oxygen atoms in total. The summed E-state index contributed by atoms with van der Waals surface area (Å²) in [5.74, 6) is 0. The van der Waals surface area contributed by atoms with Crippen LogP contribution in [-0.2, 0) is 15.9 Å². The number of hydrogen-bond acceptors (Lipinski definition) is 0. The molecule has 0 heterocycles. The van der Waals surface area contributed by atoms with Crippen LogP contribution in [-0.4, -0.2) is 5.40 Å². The first-order chi connectivity index (χ1) is 15.8. The molecule has 32 heavy (non-hydrogen) atoms. The Kier molecular flexibility index (Phi) is 11.2. The fraction of sp³-hybridized carbons (Fsp3) is 0.0370. The van der Waals surface area contributed by atoms with Gasteiger partial charge in [-0.1, -0.05) is 121 Å². The van der Waals surface area contributed by atoms with Crippen LogP contribution in [0.5, 0.6) is 0 Å². The van der Waals surface area contributed by atoms with Gasteiger partial charge in [0.05, 0.1) is 0 Å². The van der Waals surface area contributed by atoms with E-state index in [-0.39, 0.29) is 21.3 Å². The van der Waals surface area contributed by atoms with Gasteiger partial charge in [-0.25, -0.2) is 0 Å². The number of rotatable bonds is 7. The molecule has 0 saturated heterocycles. The van der Waals surface area contributed by atoms with Crippen molar-refractivity contribution in [2.45, 2.75) is 5.40 Å².